The molecule has 1 aromatic carbocycles. The third-order valence-electron chi connectivity index (χ3n) is 4.21. The van der Waals surface area contributed by atoms with Crippen molar-refractivity contribution in [3.63, 3.8) is 0 Å². The van der Waals surface area contributed by atoms with Gasteiger partial charge in [0.2, 0.25) is 5.91 Å². The average Bonchev–Trinajstić information content (AvgIpc) is 2.68. The van der Waals surface area contributed by atoms with Crippen LogP contribution in [0.2, 0.25) is 0 Å². The largest absolute Gasteiger partial charge is 0.387 e. The first kappa shape index (κ1) is 17.4. The fourth-order valence-electron chi connectivity index (χ4n) is 2.79. The van der Waals surface area contributed by atoms with E-state index in [9.17, 15) is 9.90 Å². The van der Waals surface area contributed by atoms with Crippen molar-refractivity contribution in [3.8, 4) is 0 Å². The SMILES string of the molecule is O=C(Cc1ccccn1)NCC(O)c1ccc(N2CCOCC2)cc1. The number of aromatic nitrogens is 1. The quantitative estimate of drug-likeness (QED) is 0.829. The molecule has 1 atom stereocenters. The second-order valence-electron chi connectivity index (χ2n) is 6.01. The molecular weight excluding hydrogens is 318 g/mol. The number of hydrogen-bond donors (Lipinski definition) is 2. The number of nitrogens with zero attached hydrogens (tertiary/aromatic N) is 2. The van der Waals surface area contributed by atoms with Crippen LogP contribution in [0.4, 0.5) is 5.69 Å². The molecule has 25 heavy (non-hydrogen) atoms. The van der Waals surface area contributed by atoms with Gasteiger partial charge in [0.15, 0.2) is 0 Å². The molecule has 1 aliphatic rings. The molecule has 6 heteroatoms. The van der Waals surface area contributed by atoms with Gasteiger partial charge in [-0.15, -0.1) is 0 Å². The van der Waals surface area contributed by atoms with E-state index in [0.29, 0.717) is 5.69 Å². The van der Waals surface area contributed by atoms with E-state index in [4.69, 9.17) is 4.74 Å². The average molecular weight is 341 g/mol. The van der Waals surface area contributed by atoms with Crippen LogP contribution in [0.1, 0.15) is 17.4 Å². The van der Waals surface area contributed by atoms with Crippen molar-refractivity contribution in [2.75, 3.05) is 37.7 Å². The van der Waals surface area contributed by atoms with Gasteiger partial charge in [0, 0.05) is 37.2 Å². The molecule has 1 unspecified atom stereocenters. The van der Waals surface area contributed by atoms with Crippen molar-refractivity contribution in [2.24, 2.45) is 0 Å². The molecule has 1 amide bonds. The number of anilines is 1. The van der Waals surface area contributed by atoms with Crippen LogP contribution in [0, 0.1) is 0 Å². The van der Waals surface area contributed by atoms with Crippen molar-refractivity contribution in [1.82, 2.24) is 10.3 Å². The molecule has 0 spiro atoms. The number of aliphatic hydroxyl groups excluding tert-OH is 1. The zero-order valence-corrected chi connectivity index (χ0v) is 14.1. The number of carbonyl (C=O) groups excluding carboxylic acids is 1. The van der Waals surface area contributed by atoms with Gasteiger partial charge in [-0.2, -0.15) is 0 Å². The van der Waals surface area contributed by atoms with Crippen molar-refractivity contribution >= 4 is 11.6 Å². The van der Waals surface area contributed by atoms with E-state index >= 15 is 0 Å². The van der Waals surface area contributed by atoms with Crippen molar-refractivity contribution in [1.29, 1.82) is 0 Å². The van der Waals surface area contributed by atoms with Gasteiger partial charge in [0.25, 0.3) is 0 Å². The minimum absolute atomic E-state index is 0.150. The highest BCUT2D eigenvalue weighted by molar-refractivity contribution is 5.78. The van der Waals surface area contributed by atoms with Crippen molar-refractivity contribution < 1.29 is 14.6 Å². The third-order valence-corrected chi connectivity index (χ3v) is 4.21. The van der Waals surface area contributed by atoms with Gasteiger partial charge in [-0.1, -0.05) is 18.2 Å². The Morgan fingerprint density at radius 1 is 1.20 bits per heavy atom. The Morgan fingerprint density at radius 3 is 2.64 bits per heavy atom. The van der Waals surface area contributed by atoms with Crippen LogP contribution in [0.25, 0.3) is 0 Å². The lowest BCUT2D eigenvalue weighted by Gasteiger charge is -2.29. The van der Waals surface area contributed by atoms with Crippen LogP contribution in [-0.2, 0) is 16.0 Å². The highest BCUT2D eigenvalue weighted by Gasteiger charge is 2.13. The van der Waals surface area contributed by atoms with Crippen LogP contribution < -0.4 is 10.2 Å². The molecule has 2 N–H and O–H groups in total. The first-order chi connectivity index (χ1) is 12.2. The van der Waals surface area contributed by atoms with Crippen LogP contribution in [0.15, 0.2) is 48.7 Å². The van der Waals surface area contributed by atoms with Crippen LogP contribution in [-0.4, -0.2) is 48.8 Å². The predicted molar refractivity (Wildman–Crippen MR) is 95.4 cm³/mol. The molecule has 1 saturated heterocycles. The molecule has 1 aliphatic heterocycles. The van der Waals surface area contributed by atoms with E-state index in [1.807, 2.05) is 36.4 Å². The van der Waals surface area contributed by atoms with Gasteiger partial charge in [0.05, 0.1) is 25.7 Å². The third kappa shape index (κ3) is 5.01. The van der Waals surface area contributed by atoms with Crippen LogP contribution in [0.3, 0.4) is 0 Å². The summed E-state index contributed by atoms with van der Waals surface area (Å²) in [7, 11) is 0. The highest BCUT2D eigenvalue weighted by atomic mass is 16.5. The predicted octanol–water partition coefficient (Wildman–Crippen LogP) is 1.31. The number of ether oxygens (including phenoxy) is 1. The number of morpholine rings is 1. The summed E-state index contributed by atoms with van der Waals surface area (Å²) in [6.45, 7) is 3.43. The molecule has 2 aromatic rings. The normalized spacial score (nSPS) is 15.6. The fraction of sp³-hybridized carbons (Fsp3) is 0.368. The first-order valence-corrected chi connectivity index (χ1v) is 8.50. The molecule has 6 nitrogen and oxygen atoms in total. The van der Waals surface area contributed by atoms with Gasteiger partial charge < -0.3 is 20.1 Å². The highest BCUT2D eigenvalue weighted by Crippen LogP contribution is 2.20. The second-order valence-corrected chi connectivity index (χ2v) is 6.01. The summed E-state index contributed by atoms with van der Waals surface area (Å²) in [5, 5.41) is 13.0. The zero-order chi connectivity index (χ0) is 17.5. The van der Waals surface area contributed by atoms with Gasteiger partial charge in [-0.05, 0) is 29.8 Å². The van der Waals surface area contributed by atoms with E-state index in [2.05, 4.69) is 15.2 Å². The van der Waals surface area contributed by atoms with E-state index in [1.165, 1.54) is 0 Å². The lowest BCUT2D eigenvalue weighted by molar-refractivity contribution is -0.120. The number of rotatable bonds is 6. The van der Waals surface area contributed by atoms with E-state index < -0.39 is 6.10 Å². The Labute approximate surface area is 147 Å². The van der Waals surface area contributed by atoms with Crippen molar-refractivity contribution in [3.05, 3.63) is 59.9 Å². The summed E-state index contributed by atoms with van der Waals surface area (Å²) >= 11 is 0. The standard InChI is InChI=1S/C19H23N3O3/c23-18(14-21-19(24)13-16-3-1-2-8-20-16)15-4-6-17(7-5-15)22-9-11-25-12-10-22/h1-8,18,23H,9-14H2,(H,21,24). The fourth-order valence-corrected chi connectivity index (χ4v) is 2.79. The van der Waals surface area contributed by atoms with Gasteiger partial charge >= 0.3 is 0 Å². The smallest absolute Gasteiger partial charge is 0.226 e. The number of nitrogens with one attached hydrogen (secondary N) is 1. The maximum Gasteiger partial charge on any atom is 0.226 e. The summed E-state index contributed by atoms with van der Waals surface area (Å²) in [6.07, 6.45) is 1.14. The molecule has 1 fully saturated rings. The molecule has 0 bridgehead atoms. The number of hydrogen-bond acceptors (Lipinski definition) is 5. The second kappa shape index (κ2) is 8.60. The molecular formula is C19H23N3O3. The minimum Gasteiger partial charge on any atom is -0.387 e. The topological polar surface area (TPSA) is 74.7 Å². The number of pyridine rings is 1. The number of aliphatic hydroxyl groups is 1. The Hall–Kier alpha value is -2.44. The summed E-state index contributed by atoms with van der Waals surface area (Å²) < 4.78 is 5.35. The van der Waals surface area contributed by atoms with Crippen molar-refractivity contribution in [2.45, 2.75) is 12.5 Å². The molecule has 0 saturated carbocycles. The van der Waals surface area contributed by atoms with E-state index in [0.717, 1.165) is 37.6 Å². The lowest BCUT2D eigenvalue weighted by atomic mass is 10.1. The van der Waals surface area contributed by atoms with Gasteiger partial charge in [-0.3, -0.25) is 9.78 Å². The maximum absolute atomic E-state index is 11.9. The Bertz CT molecular complexity index is 670. The summed E-state index contributed by atoms with van der Waals surface area (Å²) in [5.74, 6) is -0.150. The maximum atomic E-state index is 11.9. The Balaban J connectivity index is 1.49. The monoisotopic (exact) mass is 341 g/mol. The van der Waals surface area contributed by atoms with Crippen LogP contribution >= 0.6 is 0 Å². The number of benzene rings is 1. The van der Waals surface area contributed by atoms with Gasteiger partial charge in [-0.25, -0.2) is 0 Å². The molecule has 1 aromatic heterocycles. The van der Waals surface area contributed by atoms with Crippen LogP contribution in [0.5, 0.6) is 0 Å². The first-order valence-electron chi connectivity index (χ1n) is 8.50. The lowest BCUT2D eigenvalue weighted by Crippen LogP contribution is -2.36. The number of carbonyl (C=O) groups is 1. The van der Waals surface area contributed by atoms with Gasteiger partial charge in [0.1, 0.15) is 0 Å². The van der Waals surface area contributed by atoms with E-state index in [1.54, 1.807) is 12.3 Å². The molecule has 3 rings (SSSR count). The minimum atomic E-state index is -0.730. The Morgan fingerprint density at radius 2 is 1.96 bits per heavy atom. The molecule has 132 valence electrons. The summed E-state index contributed by atoms with van der Waals surface area (Å²) in [5.41, 5.74) is 2.62. The Kier molecular flexibility index (Phi) is 5.98. The summed E-state index contributed by atoms with van der Waals surface area (Å²) in [4.78, 5) is 18.3. The number of amides is 1. The molecule has 0 radical (unpaired) electrons. The van der Waals surface area contributed by atoms with E-state index in [-0.39, 0.29) is 18.9 Å². The molecule has 0 aliphatic carbocycles. The zero-order valence-electron chi connectivity index (χ0n) is 14.1. The summed E-state index contributed by atoms with van der Waals surface area (Å²) in [6, 6.07) is 13.3. The molecule has 2 heterocycles.